The van der Waals surface area contributed by atoms with Gasteiger partial charge in [-0.2, -0.15) is 13.2 Å². The maximum absolute atomic E-state index is 12.1. The number of hydrogen-bond donors (Lipinski definition) is 1. The Morgan fingerprint density at radius 3 is 2.63 bits per heavy atom. The summed E-state index contributed by atoms with van der Waals surface area (Å²) < 4.78 is 40.9. The van der Waals surface area contributed by atoms with Gasteiger partial charge in [0.05, 0.1) is 5.69 Å². The first-order valence-electron chi connectivity index (χ1n) is 5.49. The van der Waals surface area contributed by atoms with E-state index in [1.165, 1.54) is 18.2 Å². The highest BCUT2D eigenvalue weighted by molar-refractivity contribution is 6.19. The Morgan fingerprint density at radius 2 is 2.05 bits per heavy atom. The number of amides is 1. The number of rotatable bonds is 5. The van der Waals surface area contributed by atoms with Crippen LogP contribution in [-0.4, -0.2) is 24.6 Å². The molecule has 0 saturated heterocycles. The van der Waals surface area contributed by atoms with Gasteiger partial charge < -0.3 is 10.1 Å². The van der Waals surface area contributed by atoms with Crippen molar-refractivity contribution in [3.63, 3.8) is 0 Å². The Labute approximate surface area is 113 Å². The highest BCUT2D eigenvalue weighted by Gasteiger charge is 2.29. The number of alkyl halides is 4. The zero-order valence-corrected chi connectivity index (χ0v) is 10.9. The molecule has 0 saturated carbocycles. The second-order valence-corrected chi connectivity index (χ2v) is 4.25. The molecule has 0 spiro atoms. The van der Waals surface area contributed by atoms with E-state index in [9.17, 15) is 18.0 Å². The molecule has 1 rings (SSSR count). The summed E-state index contributed by atoms with van der Waals surface area (Å²) in [7, 11) is 0. The van der Waals surface area contributed by atoms with E-state index >= 15 is 0 Å². The first kappa shape index (κ1) is 15.6. The van der Waals surface area contributed by atoms with Crippen LogP contribution in [0.4, 0.5) is 18.9 Å². The summed E-state index contributed by atoms with van der Waals surface area (Å²) in [5.74, 6) is -0.734. The Morgan fingerprint density at radius 1 is 1.42 bits per heavy atom. The summed E-state index contributed by atoms with van der Waals surface area (Å²) in [6.45, 7) is 0.201. The topological polar surface area (TPSA) is 38.3 Å². The molecule has 1 aromatic carbocycles. The maximum atomic E-state index is 12.1. The Bertz CT molecular complexity index is 437. The van der Waals surface area contributed by atoms with Gasteiger partial charge in [0.2, 0.25) is 5.91 Å². The highest BCUT2D eigenvalue weighted by atomic mass is 35.5. The predicted octanol–water partition coefficient (Wildman–Crippen LogP) is 3.44. The largest absolute Gasteiger partial charge is 0.482 e. The summed E-state index contributed by atoms with van der Waals surface area (Å²) >= 11 is 5.53. The van der Waals surface area contributed by atoms with Crippen LogP contribution in [0, 0.1) is 5.92 Å². The molecule has 0 aliphatic rings. The quantitative estimate of drug-likeness (QED) is 0.845. The number of para-hydroxylation sites is 2. The van der Waals surface area contributed by atoms with E-state index in [1.807, 2.05) is 0 Å². The van der Waals surface area contributed by atoms with Crippen molar-refractivity contribution < 1.29 is 22.7 Å². The minimum atomic E-state index is -4.43. The van der Waals surface area contributed by atoms with Gasteiger partial charge in [0.1, 0.15) is 5.75 Å². The normalized spacial score (nSPS) is 12.9. The van der Waals surface area contributed by atoms with Crippen LogP contribution < -0.4 is 10.1 Å². The van der Waals surface area contributed by atoms with Crippen molar-refractivity contribution in [2.75, 3.05) is 17.8 Å². The molecule has 1 atom stereocenters. The number of anilines is 1. The van der Waals surface area contributed by atoms with Gasteiger partial charge in [0, 0.05) is 11.8 Å². The number of halogens is 4. The van der Waals surface area contributed by atoms with Gasteiger partial charge in [-0.25, -0.2) is 0 Å². The van der Waals surface area contributed by atoms with E-state index < -0.39 is 18.7 Å². The Balaban J connectivity index is 2.76. The van der Waals surface area contributed by atoms with E-state index in [-0.39, 0.29) is 23.2 Å². The molecule has 0 bridgehead atoms. The molecule has 1 unspecified atom stereocenters. The molecule has 0 aliphatic heterocycles. The lowest BCUT2D eigenvalue weighted by molar-refractivity contribution is -0.153. The molecule has 106 valence electrons. The van der Waals surface area contributed by atoms with Crippen LogP contribution >= 0.6 is 11.6 Å². The monoisotopic (exact) mass is 295 g/mol. The van der Waals surface area contributed by atoms with Crippen LogP contribution in [0.1, 0.15) is 6.92 Å². The van der Waals surface area contributed by atoms with Gasteiger partial charge in [0.25, 0.3) is 0 Å². The third kappa shape index (κ3) is 5.38. The number of carbonyl (C=O) groups is 1. The van der Waals surface area contributed by atoms with Crippen LogP contribution in [0.25, 0.3) is 0 Å². The van der Waals surface area contributed by atoms with Crippen molar-refractivity contribution in [2.45, 2.75) is 13.1 Å². The van der Waals surface area contributed by atoms with Crippen LogP contribution in [0.15, 0.2) is 24.3 Å². The number of carbonyl (C=O) groups excluding carboxylic acids is 1. The van der Waals surface area contributed by atoms with Gasteiger partial charge in [-0.1, -0.05) is 19.1 Å². The highest BCUT2D eigenvalue weighted by Crippen LogP contribution is 2.26. The molecular weight excluding hydrogens is 283 g/mol. The van der Waals surface area contributed by atoms with Crippen LogP contribution in [0.2, 0.25) is 0 Å². The predicted molar refractivity (Wildman–Crippen MR) is 66.5 cm³/mol. The molecule has 7 heteroatoms. The smallest absolute Gasteiger partial charge is 0.422 e. The van der Waals surface area contributed by atoms with Gasteiger partial charge in [0.15, 0.2) is 6.61 Å². The molecule has 0 aliphatic carbocycles. The molecule has 3 nitrogen and oxygen atoms in total. The standard InChI is InChI=1S/C12H13ClF3NO2/c1-8(6-13)11(18)17-9-4-2-3-5-10(9)19-7-12(14,15)16/h2-5,8H,6-7H2,1H3,(H,17,18). The average molecular weight is 296 g/mol. The van der Waals surface area contributed by atoms with Gasteiger partial charge >= 0.3 is 6.18 Å². The lowest BCUT2D eigenvalue weighted by Crippen LogP contribution is -2.23. The number of hydrogen-bond acceptors (Lipinski definition) is 2. The third-order valence-electron chi connectivity index (χ3n) is 2.22. The Hall–Kier alpha value is -1.43. The number of nitrogens with one attached hydrogen (secondary N) is 1. The van der Waals surface area contributed by atoms with Crippen molar-refractivity contribution in [1.82, 2.24) is 0 Å². The summed E-state index contributed by atoms with van der Waals surface area (Å²) in [5, 5.41) is 2.48. The lowest BCUT2D eigenvalue weighted by atomic mass is 10.2. The molecule has 1 aromatic rings. The summed E-state index contributed by atoms with van der Waals surface area (Å²) in [5.41, 5.74) is 0.189. The van der Waals surface area contributed by atoms with Crippen molar-refractivity contribution in [2.24, 2.45) is 5.92 Å². The molecule has 1 amide bonds. The van der Waals surface area contributed by atoms with E-state index in [0.717, 1.165) is 0 Å². The maximum Gasteiger partial charge on any atom is 0.422 e. The fourth-order valence-electron chi connectivity index (χ4n) is 1.18. The molecule has 0 fully saturated rings. The van der Waals surface area contributed by atoms with E-state index in [4.69, 9.17) is 11.6 Å². The van der Waals surface area contributed by atoms with E-state index in [1.54, 1.807) is 13.0 Å². The molecule has 0 heterocycles. The number of ether oxygens (including phenoxy) is 1. The van der Waals surface area contributed by atoms with Crippen LogP contribution in [-0.2, 0) is 4.79 Å². The first-order chi connectivity index (χ1) is 8.83. The number of benzene rings is 1. The van der Waals surface area contributed by atoms with Gasteiger partial charge in [-0.05, 0) is 12.1 Å². The molecule has 1 N–H and O–H groups in total. The second-order valence-electron chi connectivity index (χ2n) is 3.94. The summed E-state index contributed by atoms with van der Waals surface area (Å²) in [6.07, 6.45) is -4.43. The van der Waals surface area contributed by atoms with Gasteiger partial charge in [-0.15, -0.1) is 11.6 Å². The van der Waals surface area contributed by atoms with Crippen molar-refractivity contribution in [3.8, 4) is 5.75 Å². The zero-order chi connectivity index (χ0) is 14.5. The van der Waals surface area contributed by atoms with E-state index in [2.05, 4.69) is 10.1 Å². The first-order valence-corrected chi connectivity index (χ1v) is 6.02. The minimum Gasteiger partial charge on any atom is -0.482 e. The molecular formula is C12H13ClF3NO2. The summed E-state index contributed by atoms with van der Waals surface area (Å²) in [6, 6.07) is 5.92. The SMILES string of the molecule is CC(CCl)C(=O)Nc1ccccc1OCC(F)(F)F. The lowest BCUT2D eigenvalue weighted by Gasteiger charge is -2.15. The second kappa shape index (κ2) is 6.65. The fourth-order valence-corrected chi connectivity index (χ4v) is 1.32. The van der Waals surface area contributed by atoms with Gasteiger partial charge in [-0.3, -0.25) is 4.79 Å². The molecule has 0 aromatic heterocycles. The summed E-state index contributed by atoms with van der Waals surface area (Å²) in [4.78, 5) is 11.6. The third-order valence-corrected chi connectivity index (χ3v) is 2.68. The zero-order valence-electron chi connectivity index (χ0n) is 10.1. The molecule has 0 radical (unpaired) electrons. The minimum absolute atomic E-state index is 0.0325. The van der Waals surface area contributed by atoms with E-state index in [0.29, 0.717) is 0 Å². The fraction of sp³-hybridized carbons (Fsp3) is 0.417. The van der Waals surface area contributed by atoms with Crippen LogP contribution in [0.5, 0.6) is 5.75 Å². The van der Waals surface area contributed by atoms with Crippen molar-refractivity contribution >= 4 is 23.2 Å². The van der Waals surface area contributed by atoms with Crippen molar-refractivity contribution in [1.29, 1.82) is 0 Å². The Kier molecular flexibility index (Phi) is 5.47. The van der Waals surface area contributed by atoms with Crippen molar-refractivity contribution in [3.05, 3.63) is 24.3 Å². The molecule has 19 heavy (non-hydrogen) atoms. The van der Waals surface area contributed by atoms with Crippen LogP contribution in [0.3, 0.4) is 0 Å². The average Bonchev–Trinajstić information content (AvgIpc) is 2.35.